The Morgan fingerprint density at radius 1 is 1.06 bits per heavy atom. The molecular formula is C15H27NO. The summed E-state index contributed by atoms with van der Waals surface area (Å²) < 4.78 is 0. The van der Waals surface area contributed by atoms with Gasteiger partial charge in [-0.3, -0.25) is 9.69 Å². The molecule has 0 aromatic heterocycles. The summed E-state index contributed by atoms with van der Waals surface area (Å²) in [6.07, 6.45) is 9.37. The van der Waals surface area contributed by atoms with Gasteiger partial charge in [0, 0.05) is 5.92 Å². The molecule has 0 aromatic rings. The van der Waals surface area contributed by atoms with Crippen LogP contribution in [0.5, 0.6) is 0 Å². The minimum absolute atomic E-state index is 0.120. The van der Waals surface area contributed by atoms with E-state index in [1.165, 1.54) is 25.7 Å². The van der Waals surface area contributed by atoms with Gasteiger partial charge in [0.05, 0.1) is 5.54 Å². The summed E-state index contributed by atoms with van der Waals surface area (Å²) in [6, 6.07) is 0. The van der Waals surface area contributed by atoms with Crippen molar-refractivity contribution in [3.8, 4) is 0 Å². The lowest BCUT2D eigenvalue weighted by molar-refractivity contribution is -0.135. The zero-order valence-electron chi connectivity index (χ0n) is 11.5. The highest BCUT2D eigenvalue weighted by Gasteiger charge is 2.44. The molecule has 1 aliphatic carbocycles. The highest BCUT2D eigenvalue weighted by Crippen LogP contribution is 2.36. The van der Waals surface area contributed by atoms with Gasteiger partial charge in [0.2, 0.25) is 0 Å². The van der Waals surface area contributed by atoms with Crippen LogP contribution >= 0.6 is 0 Å². The Morgan fingerprint density at radius 2 is 1.59 bits per heavy atom. The van der Waals surface area contributed by atoms with E-state index in [2.05, 4.69) is 18.7 Å². The highest BCUT2D eigenvalue weighted by molar-refractivity contribution is 5.90. The Labute approximate surface area is 106 Å². The number of rotatable bonds is 5. The fourth-order valence-corrected chi connectivity index (χ4v) is 3.91. The van der Waals surface area contributed by atoms with Crippen LogP contribution in [-0.2, 0) is 4.79 Å². The molecule has 0 spiro atoms. The first-order valence-corrected chi connectivity index (χ1v) is 7.54. The Bertz CT molecular complexity index is 258. The smallest absolute Gasteiger partial charge is 0.156 e. The molecule has 0 unspecified atom stereocenters. The number of carbonyl (C=O) groups excluding carboxylic acids is 1. The second-order valence-corrected chi connectivity index (χ2v) is 5.78. The van der Waals surface area contributed by atoms with Crippen molar-refractivity contribution >= 4 is 5.78 Å². The summed E-state index contributed by atoms with van der Waals surface area (Å²) in [6.45, 7) is 6.68. The van der Waals surface area contributed by atoms with Crippen molar-refractivity contribution in [3.63, 3.8) is 0 Å². The largest absolute Gasteiger partial charge is 0.297 e. The lowest BCUT2D eigenvalue weighted by Gasteiger charge is -2.41. The lowest BCUT2D eigenvalue weighted by Crippen LogP contribution is -2.54. The molecule has 2 aliphatic rings. The fraction of sp³-hybridized carbons (Fsp3) is 0.933. The van der Waals surface area contributed by atoms with Gasteiger partial charge < -0.3 is 0 Å². The van der Waals surface area contributed by atoms with Crippen LogP contribution in [0.25, 0.3) is 0 Å². The van der Waals surface area contributed by atoms with Gasteiger partial charge in [-0.1, -0.05) is 26.7 Å². The van der Waals surface area contributed by atoms with Crippen LogP contribution in [0.3, 0.4) is 0 Å². The monoisotopic (exact) mass is 237 g/mol. The van der Waals surface area contributed by atoms with Gasteiger partial charge >= 0.3 is 0 Å². The molecule has 0 bridgehead atoms. The third-order valence-corrected chi connectivity index (χ3v) is 5.07. The van der Waals surface area contributed by atoms with Crippen LogP contribution in [0.1, 0.15) is 65.2 Å². The number of nitrogens with zero attached hydrogens (tertiary/aromatic N) is 1. The lowest BCUT2D eigenvalue weighted by atomic mass is 9.79. The minimum Gasteiger partial charge on any atom is -0.297 e. The maximum absolute atomic E-state index is 12.9. The normalized spacial score (nSPS) is 23.4. The molecule has 2 fully saturated rings. The topological polar surface area (TPSA) is 20.3 Å². The van der Waals surface area contributed by atoms with Gasteiger partial charge in [-0.25, -0.2) is 0 Å². The van der Waals surface area contributed by atoms with E-state index in [9.17, 15) is 4.79 Å². The summed E-state index contributed by atoms with van der Waals surface area (Å²) in [7, 11) is 0. The van der Waals surface area contributed by atoms with Crippen LogP contribution in [0.15, 0.2) is 0 Å². The van der Waals surface area contributed by atoms with E-state index in [1.54, 1.807) is 0 Å². The summed E-state index contributed by atoms with van der Waals surface area (Å²) >= 11 is 0. The number of Topliss-reactive ketones (excluding diaryl/α,β-unsaturated/α-hetero) is 1. The SMILES string of the molecule is CCC(CC)(C(=O)C1CCCC1)N1CCCC1. The van der Waals surface area contributed by atoms with Gasteiger partial charge in [0.25, 0.3) is 0 Å². The second-order valence-electron chi connectivity index (χ2n) is 5.78. The Hall–Kier alpha value is -0.370. The number of ketones is 1. The van der Waals surface area contributed by atoms with Gasteiger partial charge in [-0.05, 0) is 51.6 Å². The molecule has 1 saturated carbocycles. The van der Waals surface area contributed by atoms with E-state index >= 15 is 0 Å². The van der Waals surface area contributed by atoms with E-state index in [-0.39, 0.29) is 5.54 Å². The van der Waals surface area contributed by atoms with Crippen LogP contribution in [0, 0.1) is 5.92 Å². The molecule has 2 rings (SSSR count). The van der Waals surface area contributed by atoms with E-state index in [0.29, 0.717) is 11.7 Å². The average Bonchev–Trinajstić information content (AvgIpc) is 3.04. The van der Waals surface area contributed by atoms with Crippen LogP contribution < -0.4 is 0 Å². The number of likely N-dealkylation sites (tertiary alicyclic amines) is 1. The Balaban J connectivity index is 2.16. The van der Waals surface area contributed by atoms with Crippen LogP contribution in [-0.4, -0.2) is 29.3 Å². The van der Waals surface area contributed by atoms with Crippen molar-refractivity contribution in [2.45, 2.75) is 70.8 Å². The van der Waals surface area contributed by atoms with Gasteiger partial charge in [0.15, 0.2) is 5.78 Å². The van der Waals surface area contributed by atoms with Crippen LogP contribution in [0.2, 0.25) is 0 Å². The average molecular weight is 237 g/mol. The predicted molar refractivity (Wildman–Crippen MR) is 71.1 cm³/mol. The standard InChI is InChI=1S/C15H27NO/c1-3-15(4-2,16-11-7-8-12-16)14(17)13-9-5-6-10-13/h13H,3-12H2,1-2H3. The summed E-state index contributed by atoms with van der Waals surface area (Å²) in [5.74, 6) is 0.942. The molecule has 1 heterocycles. The molecule has 1 saturated heterocycles. The molecule has 0 amide bonds. The van der Waals surface area contributed by atoms with Crippen molar-refractivity contribution in [1.82, 2.24) is 4.90 Å². The highest BCUT2D eigenvalue weighted by atomic mass is 16.1. The minimum atomic E-state index is -0.120. The summed E-state index contributed by atoms with van der Waals surface area (Å²) in [5, 5.41) is 0. The van der Waals surface area contributed by atoms with Crippen molar-refractivity contribution in [3.05, 3.63) is 0 Å². The number of hydrogen-bond acceptors (Lipinski definition) is 2. The van der Waals surface area contributed by atoms with E-state index in [1.807, 2.05) is 0 Å². The van der Waals surface area contributed by atoms with E-state index in [0.717, 1.165) is 38.8 Å². The molecule has 0 aromatic carbocycles. The zero-order chi connectivity index (χ0) is 12.3. The predicted octanol–water partition coefficient (Wildman–Crippen LogP) is 3.40. The van der Waals surface area contributed by atoms with Gasteiger partial charge in [0.1, 0.15) is 0 Å². The van der Waals surface area contributed by atoms with Gasteiger partial charge in [-0.15, -0.1) is 0 Å². The first kappa shape index (κ1) is 13.1. The number of hydrogen-bond donors (Lipinski definition) is 0. The maximum Gasteiger partial charge on any atom is 0.156 e. The summed E-state index contributed by atoms with van der Waals surface area (Å²) in [5.41, 5.74) is -0.120. The van der Waals surface area contributed by atoms with E-state index in [4.69, 9.17) is 0 Å². The molecule has 17 heavy (non-hydrogen) atoms. The van der Waals surface area contributed by atoms with Gasteiger partial charge in [-0.2, -0.15) is 0 Å². The quantitative estimate of drug-likeness (QED) is 0.730. The molecule has 0 radical (unpaired) electrons. The zero-order valence-corrected chi connectivity index (χ0v) is 11.5. The summed E-state index contributed by atoms with van der Waals surface area (Å²) in [4.78, 5) is 15.4. The molecule has 0 N–H and O–H groups in total. The first-order valence-electron chi connectivity index (χ1n) is 7.54. The molecular weight excluding hydrogens is 210 g/mol. The Morgan fingerprint density at radius 3 is 2.06 bits per heavy atom. The van der Waals surface area contributed by atoms with Crippen molar-refractivity contribution < 1.29 is 4.79 Å². The molecule has 98 valence electrons. The molecule has 2 heteroatoms. The first-order chi connectivity index (χ1) is 8.24. The van der Waals surface area contributed by atoms with Crippen molar-refractivity contribution in [1.29, 1.82) is 0 Å². The van der Waals surface area contributed by atoms with Crippen molar-refractivity contribution in [2.24, 2.45) is 5.92 Å². The second kappa shape index (κ2) is 5.51. The van der Waals surface area contributed by atoms with Crippen LogP contribution in [0.4, 0.5) is 0 Å². The fourth-order valence-electron chi connectivity index (χ4n) is 3.91. The third-order valence-electron chi connectivity index (χ3n) is 5.07. The van der Waals surface area contributed by atoms with Crippen molar-refractivity contribution in [2.75, 3.05) is 13.1 Å². The molecule has 2 nitrogen and oxygen atoms in total. The molecule has 1 aliphatic heterocycles. The molecule has 0 atom stereocenters. The third kappa shape index (κ3) is 2.29. The maximum atomic E-state index is 12.9. The number of carbonyl (C=O) groups is 1. The van der Waals surface area contributed by atoms with E-state index < -0.39 is 0 Å². The Kier molecular flexibility index (Phi) is 4.24.